The number of benzene rings is 1. The highest BCUT2D eigenvalue weighted by atomic mass is 35.5. The van der Waals surface area contributed by atoms with Gasteiger partial charge in [-0.2, -0.15) is 0 Å². The molecule has 0 fully saturated rings. The van der Waals surface area contributed by atoms with E-state index in [9.17, 15) is 0 Å². The average Bonchev–Trinajstić information content (AvgIpc) is 2.65. The molecule has 1 heterocycles. The van der Waals surface area contributed by atoms with Crippen molar-refractivity contribution in [3.8, 4) is 17.0 Å². The van der Waals surface area contributed by atoms with Gasteiger partial charge in [0.1, 0.15) is 5.75 Å². The molecule has 2 rings (SSSR count). The molecule has 0 aliphatic heterocycles. The van der Waals surface area contributed by atoms with E-state index in [1.165, 1.54) is 0 Å². The summed E-state index contributed by atoms with van der Waals surface area (Å²) in [6.07, 6.45) is 1.71. The van der Waals surface area contributed by atoms with Gasteiger partial charge in [0, 0.05) is 5.56 Å². The minimum Gasteiger partial charge on any atom is -0.496 e. The van der Waals surface area contributed by atoms with Crippen molar-refractivity contribution in [1.82, 2.24) is 9.97 Å². The van der Waals surface area contributed by atoms with Crippen LogP contribution < -0.4 is 4.74 Å². The molecule has 0 amide bonds. The summed E-state index contributed by atoms with van der Waals surface area (Å²) in [6.45, 7) is 2.00. The van der Waals surface area contributed by atoms with Crippen LogP contribution in [-0.2, 0) is 0 Å². The number of nitrogens with one attached hydrogen (secondary N) is 1. The molecule has 1 aromatic carbocycles. The number of aromatic nitrogens is 2. The summed E-state index contributed by atoms with van der Waals surface area (Å²) in [6, 6.07) is 5.93. The van der Waals surface area contributed by atoms with Crippen molar-refractivity contribution in [1.29, 1.82) is 0 Å². The maximum atomic E-state index is 5.72. The molecule has 0 aliphatic rings. The Kier molecular flexibility index (Phi) is 2.64. The van der Waals surface area contributed by atoms with Crippen LogP contribution in [0, 0.1) is 6.92 Å². The zero-order valence-electron chi connectivity index (χ0n) is 8.54. The predicted octanol–water partition coefficient (Wildman–Crippen LogP) is 3.05. The van der Waals surface area contributed by atoms with Gasteiger partial charge in [0.25, 0.3) is 0 Å². The fraction of sp³-hybridized carbons (Fsp3) is 0.182. The molecule has 0 aliphatic carbocycles. The molecule has 0 saturated carbocycles. The van der Waals surface area contributed by atoms with Crippen LogP contribution in [0.3, 0.4) is 0 Å². The SMILES string of the molecule is COc1ccc(-c2cnc(Cl)[nH]2)cc1C. The summed E-state index contributed by atoms with van der Waals surface area (Å²) in [5.74, 6) is 0.879. The smallest absolute Gasteiger partial charge is 0.200 e. The number of H-pyrrole nitrogens is 1. The molecule has 0 unspecified atom stereocenters. The summed E-state index contributed by atoms with van der Waals surface area (Å²) < 4.78 is 5.19. The molecule has 15 heavy (non-hydrogen) atoms. The second kappa shape index (κ2) is 3.95. The van der Waals surface area contributed by atoms with Crippen molar-refractivity contribution < 1.29 is 4.74 Å². The Bertz CT molecular complexity index is 479. The van der Waals surface area contributed by atoms with E-state index in [2.05, 4.69) is 9.97 Å². The van der Waals surface area contributed by atoms with E-state index < -0.39 is 0 Å². The van der Waals surface area contributed by atoms with Crippen molar-refractivity contribution in [2.75, 3.05) is 7.11 Å². The largest absolute Gasteiger partial charge is 0.496 e. The Morgan fingerprint density at radius 2 is 2.20 bits per heavy atom. The second-order valence-electron chi connectivity index (χ2n) is 3.27. The fourth-order valence-electron chi connectivity index (χ4n) is 1.49. The van der Waals surface area contributed by atoms with Crippen molar-refractivity contribution in [3.05, 3.63) is 35.2 Å². The van der Waals surface area contributed by atoms with Crippen LogP contribution in [-0.4, -0.2) is 17.1 Å². The van der Waals surface area contributed by atoms with E-state index in [-0.39, 0.29) is 0 Å². The molecule has 1 N–H and O–H groups in total. The summed E-state index contributed by atoms with van der Waals surface area (Å²) >= 11 is 5.72. The van der Waals surface area contributed by atoms with Crippen molar-refractivity contribution in [2.45, 2.75) is 6.92 Å². The van der Waals surface area contributed by atoms with Gasteiger partial charge < -0.3 is 9.72 Å². The highest BCUT2D eigenvalue weighted by molar-refractivity contribution is 6.28. The van der Waals surface area contributed by atoms with Gasteiger partial charge in [-0.15, -0.1) is 0 Å². The predicted molar refractivity (Wildman–Crippen MR) is 60.3 cm³/mol. The number of aryl methyl sites for hydroxylation is 1. The van der Waals surface area contributed by atoms with Crippen LogP contribution in [0.1, 0.15) is 5.56 Å². The maximum absolute atomic E-state index is 5.72. The Hall–Kier alpha value is -1.48. The first-order valence-corrected chi connectivity index (χ1v) is 4.94. The van der Waals surface area contributed by atoms with Gasteiger partial charge in [-0.3, -0.25) is 0 Å². The number of nitrogens with zero attached hydrogens (tertiary/aromatic N) is 1. The standard InChI is InChI=1S/C11H11ClN2O/c1-7-5-8(3-4-10(7)15-2)9-6-13-11(12)14-9/h3-6H,1-2H3,(H,13,14). The van der Waals surface area contributed by atoms with Gasteiger partial charge in [-0.25, -0.2) is 4.98 Å². The summed E-state index contributed by atoms with van der Waals surface area (Å²) in [7, 11) is 1.66. The van der Waals surface area contributed by atoms with Gasteiger partial charge in [-0.1, -0.05) is 0 Å². The van der Waals surface area contributed by atoms with Gasteiger partial charge >= 0.3 is 0 Å². The van der Waals surface area contributed by atoms with Crippen LogP contribution in [0.15, 0.2) is 24.4 Å². The number of ether oxygens (including phenoxy) is 1. The van der Waals surface area contributed by atoms with Crippen molar-refractivity contribution in [2.24, 2.45) is 0 Å². The lowest BCUT2D eigenvalue weighted by Gasteiger charge is -2.05. The molecule has 0 atom stereocenters. The van der Waals surface area contributed by atoms with Gasteiger partial charge in [0.15, 0.2) is 5.28 Å². The lowest BCUT2D eigenvalue weighted by molar-refractivity contribution is 0.412. The topological polar surface area (TPSA) is 37.9 Å². The molecule has 0 radical (unpaired) electrons. The van der Waals surface area contributed by atoms with Crippen molar-refractivity contribution in [3.63, 3.8) is 0 Å². The van der Waals surface area contributed by atoms with E-state index in [0.717, 1.165) is 22.6 Å². The van der Waals surface area contributed by atoms with E-state index in [4.69, 9.17) is 16.3 Å². The Morgan fingerprint density at radius 3 is 2.73 bits per heavy atom. The molecular weight excluding hydrogens is 212 g/mol. The molecule has 1 aromatic heterocycles. The van der Waals surface area contributed by atoms with Gasteiger partial charge in [-0.05, 0) is 42.3 Å². The Morgan fingerprint density at radius 1 is 1.40 bits per heavy atom. The highest BCUT2D eigenvalue weighted by Gasteiger charge is 2.04. The third kappa shape index (κ3) is 1.97. The second-order valence-corrected chi connectivity index (χ2v) is 3.63. The number of hydrogen-bond acceptors (Lipinski definition) is 2. The zero-order valence-corrected chi connectivity index (χ0v) is 9.30. The van der Waals surface area contributed by atoms with E-state index in [1.807, 2.05) is 25.1 Å². The third-order valence-electron chi connectivity index (χ3n) is 2.25. The van der Waals surface area contributed by atoms with Gasteiger partial charge in [0.2, 0.25) is 0 Å². The van der Waals surface area contributed by atoms with Gasteiger partial charge in [0.05, 0.1) is 19.0 Å². The normalized spacial score (nSPS) is 10.3. The summed E-state index contributed by atoms with van der Waals surface area (Å²) in [5, 5.41) is 0.401. The van der Waals surface area contributed by atoms with Crippen molar-refractivity contribution >= 4 is 11.6 Å². The van der Waals surface area contributed by atoms with E-state index >= 15 is 0 Å². The number of methoxy groups -OCH3 is 1. The minimum atomic E-state index is 0.401. The zero-order chi connectivity index (χ0) is 10.8. The van der Waals surface area contributed by atoms with Crippen LogP contribution in [0.2, 0.25) is 5.28 Å². The molecule has 3 nitrogen and oxygen atoms in total. The summed E-state index contributed by atoms with van der Waals surface area (Å²) in [5.41, 5.74) is 3.04. The Balaban J connectivity index is 2.42. The number of rotatable bonds is 2. The number of aromatic amines is 1. The van der Waals surface area contributed by atoms with Crippen LogP contribution in [0.25, 0.3) is 11.3 Å². The average molecular weight is 223 g/mol. The first-order chi connectivity index (χ1) is 7.20. The highest BCUT2D eigenvalue weighted by Crippen LogP contribution is 2.25. The lowest BCUT2D eigenvalue weighted by atomic mass is 10.1. The quantitative estimate of drug-likeness (QED) is 0.848. The van der Waals surface area contributed by atoms with Crippen LogP contribution >= 0.6 is 11.6 Å². The maximum Gasteiger partial charge on any atom is 0.200 e. The van der Waals surface area contributed by atoms with E-state index in [1.54, 1.807) is 13.3 Å². The molecular formula is C11H11ClN2O. The monoisotopic (exact) mass is 222 g/mol. The number of halogens is 1. The number of imidazole rings is 1. The number of hydrogen-bond donors (Lipinski definition) is 1. The summed E-state index contributed by atoms with van der Waals surface area (Å²) in [4.78, 5) is 6.91. The molecule has 0 bridgehead atoms. The lowest BCUT2D eigenvalue weighted by Crippen LogP contribution is -1.87. The molecule has 0 spiro atoms. The molecule has 0 saturated heterocycles. The first-order valence-electron chi connectivity index (χ1n) is 4.56. The molecule has 2 aromatic rings. The van der Waals surface area contributed by atoms with E-state index in [0.29, 0.717) is 5.28 Å². The molecule has 4 heteroatoms. The molecule has 78 valence electrons. The van der Waals surface area contributed by atoms with Crippen LogP contribution in [0.4, 0.5) is 0 Å². The minimum absolute atomic E-state index is 0.401. The third-order valence-corrected chi connectivity index (χ3v) is 2.44. The first kappa shape index (κ1) is 10.1. The van der Waals surface area contributed by atoms with Crippen LogP contribution in [0.5, 0.6) is 5.75 Å². The fourth-order valence-corrected chi connectivity index (χ4v) is 1.64. The Labute approximate surface area is 93.1 Å².